The van der Waals surface area contributed by atoms with Crippen molar-refractivity contribution in [2.75, 3.05) is 7.05 Å². The van der Waals surface area contributed by atoms with Gasteiger partial charge in [0.2, 0.25) is 5.69 Å². The summed E-state index contributed by atoms with van der Waals surface area (Å²) in [5, 5.41) is 3.13. The Morgan fingerprint density at radius 2 is 2.31 bits per heavy atom. The predicted octanol–water partition coefficient (Wildman–Crippen LogP) is 1.26. The van der Waals surface area contributed by atoms with Gasteiger partial charge < -0.3 is 5.32 Å². The van der Waals surface area contributed by atoms with Crippen LogP contribution < -0.4 is 9.88 Å². The van der Waals surface area contributed by atoms with Crippen molar-refractivity contribution in [3.05, 3.63) is 48.8 Å². The molecule has 1 heterocycles. The lowest BCUT2D eigenvalue weighted by Gasteiger charge is -2.02. The molecule has 0 bridgehead atoms. The van der Waals surface area contributed by atoms with E-state index in [-0.39, 0.29) is 0 Å². The maximum absolute atomic E-state index is 3.68. The van der Waals surface area contributed by atoms with Crippen LogP contribution in [0, 0.1) is 0 Å². The lowest BCUT2D eigenvalue weighted by Crippen LogP contribution is -2.34. The molecule has 13 heavy (non-hydrogen) atoms. The molecule has 2 nitrogen and oxygen atoms in total. The quantitative estimate of drug-likeness (QED) is 0.540. The van der Waals surface area contributed by atoms with Gasteiger partial charge >= 0.3 is 0 Å². The average molecular weight is 175 g/mol. The molecule has 2 heteroatoms. The van der Waals surface area contributed by atoms with Gasteiger partial charge in [-0.05, 0) is 12.1 Å². The number of allylic oxidation sites excluding steroid dienone is 2. The third-order valence-corrected chi connectivity index (χ3v) is 1.88. The Kier molecular flexibility index (Phi) is 3.26. The van der Waals surface area contributed by atoms with Crippen LogP contribution in [0.2, 0.25) is 0 Å². The van der Waals surface area contributed by atoms with Gasteiger partial charge in [-0.3, -0.25) is 0 Å². The molecule has 0 atom stereocenters. The zero-order valence-electron chi connectivity index (χ0n) is 8.12. The summed E-state index contributed by atoms with van der Waals surface area (Å²) in [6.45, 7) is 3.68. The van der Waals surface area contributed by atoms with Crippen LogP contribution in [0.15, 0.2) is 43.1 Å². The van der Waals surface area contributed by atoms with Gasteiger partial charge in [-0.1, -0.05) is 12.7 Å². The Labute approximate surface area is 79.2 Å². The van der Waals surface area contributed by atoms with E-state index in [0.717, 1.165) is 11.4 Å². The Bertz CT molecular complexity index is 327. The smallest absolute Gasteiger partial charge is 0.228 e. The van der Waals surface area contributed by atoms with Gasteiger partial charge in [0.05, 0.1) is 0 Å². The van der Waals surface area contributed by atoms with Crippen molar-refractivity contribution >= 4 is 5.70 Å². The molecule has 1 aromatic heterocycles. The van der Waals surface area contributed by atoms with E-state index in [1.165, 1.54) is 0 Å². The van der Waals surface area contributed by atoms with Crippen molar-refractivity contribution < 1.29 is 4.57 Å². The molecule has 0 radical (unpaired) electrons. The zero-order chi connectivity index (χ0) is 9.68. The largest absolute Gasteiger partial charge is 0.383 e. The molecule has 0 aliphatic heterocycles. The van der Waals surface area contributed by atoms with E-state index in [2.05, 4.69) is 22.5 Å². The predicted molar refractivity (Wildman–Crippen MR) is 54.9 cm³/mol. The number of pyridine rings is 1. The van der Waals surface area contributed by atoms with Gasteiger partial charge in [0, 0.05) is 19.2 Å². The lowest BCUT2D eigenvalue weighted by molar-refractivity contribution is -0.674. The number of aromatic nitrogens is 1. The molecule has 0 fully saturated rings. The summed E-state index contributed by atoms with van der Waals surface area (Å²) in [6, 6.07) is 6.08. The third-order valence-electron chi connectivity index (χ3n) is 1.88. The maximum atomic E-state index is 3.68. The van der Waals surface area contributed by atoms with Crippen molar-refractivity contribution in [3.8, 4) is 0 Å². The van der Waals surface area contributed by atoms with Crippen LogP contribution in [0.5, 0.6) is 0 Å². The molecule has 1 aromatic rings. The van der Waals surface area contributed by atoms with Crippen molar-refractivity contribution in [1.29, 1.82) is 0 Å². The summed E-state index contributed by atoms with van der Waals surface area (Å²) in [5.41, 5.74) is 2.21. The molecular formula is C11H15N2+. The molecule has 0 saturated heterocycles. The van der Waals surface area contributed by atoms with Gasteiger partial charge in [0.15, 0.2) is 6.20 Å². The van der Waals surface area contributed by atoms with Gasteiger partial charge in [-0.25, -0.2) is 0 Å². The summed E-state index contributed by atoms with van der Waals surface area (Å²) in [4.78, 5) is 0. The van der Waals surface area contributed by atoms with Crippen LogP contribution in [0.3, 0.4) is 0 Å². The van der Waals surface area contributed by atoms with Crippen LogP contribution in [0.1, 0.15) is 5.69 Å². The van der Waals surface area contributed by atoms with Crippen molar-refractivity contribution in [2.45, 2.75) is 0 Å². The Morgan fingerprint density at radius 3 is 2.85 bits per heavy atom. The highest BCUT2D eigenvalue weighted by Crippen LogP contribution is 2.04. The van der Waals surface area contributed by atoms with Gasteiger partial charge in [0.1, 0.15) is 12.7 Å². The Hall–Kier alpha value is -1.57. The first kappa shape index (κ1) is 9.52. The minimum absolute atomic E-state index is 1.07. The standard InChI is InChI=1S/C11H15N2/c1-4-7-10(12-2)11-8-5-6-9-13(11)3/h4-9,12H,1H2,2-3H3/q+1/b10-7-. The van der Waals surface area contributed by atoms with E-state index in [9.17, 15) is 0 Å². The number of nitrogens with one attached hydrogen (secondary N) is 1. The monoisotopic (exact) mass is 175 g/mol. The summed E-state index contributed by atoms with van der Waals surface area (Å²) < 4.78 is 2.06. The van der Waals surface area contributed by atoms with Crippen molar-refractivity contribution in [2.24, 2.45) is 7.05 Å². The van der Waals surface area contributed by atoms with Gasteiger partial charge in [-0.15, -0.1) is 0 Å². The first-order valence-corrected chi connectivity index (χ1v) is 4.25. The van der Waals surface area contributed by atoms with Crippen LogP contribution in [-0.2, 0) is 7.05 Å². The first-order chi connectivity index (χ1) is 6.29. The van der Waals surface area contributed by atoms with Crippen LogP contribution in [0.4, 0.5) is 0 Å². The van der Waals surface area contributed by atoms with E-state index in [4.69, 9.17) is 0 Å². The second-order valence-electron chi connectivity index (χ2n) is 2.76. The van der Waals surface area contributed by atoms with Gasteiger partial charge in [0.25, 0.3) is 0 Å². The topological polar surface area (TPSA) is 15.9 Å². The van der Waals surface area contributed by atoms with E-state index in [0.29, 0.717) is 0 Å². The Balaban J connectivity index is 3.12. The number of rotatable bonds is 3. The molecule has 0 aliphatic carbocycles. The third kappa shape index (κ3) is 2.18. The molecule has 0 aliphatic rings. The fourth-order valence-corrected chi connectivity index (χ4v) is 1.22. The minimum atomic E-state index is 1.07. The highest BCUT2D eigenvalue weighted by atomic mass is 15.0. The molecule has 0 aromatic carbocycles. The summed E-state index contributed by atoms with van der Waals surface area (Å²) in [7, 11) is 3.92. The maximum Gasteiger partial charge on any atom is 0.228 e. The molecule has 68 valence electrons. The summed E-state index contributed by atoms with van der Waals surface area (Å²) >= 11 is 0. The van der Waals surface area contributed by atoms with Crippen molar-refractivity contribution in [1.82, 2.24) is 5.32 Å². The fraction of sp³-hybridized carbons (Fsp3) is 0.182. The van der Waals surface area contributed by atoms with Gasteiger partial charge in [-0.2, -0.15) is 4.57 Å². The van der Waals surface area contributed by atoms with Crippen LogP contribution >= 0.6 is 0 Å². The molecule has 0 spiro atoms. The fourth-order valence-electron chi connectivity index (χ4n) is 1.22. The molecule has 0 unspecified atom stereocenters. The molecule has 0 saturated carbocycles. The molecular weight excluding hydrogens is 160 g/mol. The van der Waals surface area contributed by atoms with Crippen LogP contribution in [0.25, 0.3) is 5.70 Å². The summed E-state index contributed by atoms with van der Waals surface area (Å²) in [6.07, 6.45) is 5.75. The van der Waals surface area contributed by atoms with E-state index < -0.39 is 0 Å². The number of aryl methyl sites for hydroxylation is 1. The van der Waals surface area contributed by atoms with Crippen molar-refractivity contribution in [3.63, 3.8) is 0 Å². The summed E-state index contributed by atoms with van der Waals surface area (Å²) in [5.74, 6) is 0. The highest BCUT2D eigenvalue weighted by molar-refractivity contribution is 5.59. The number of hydrogen-bond acceptors (Lipinski definition) is 1. The Morgan fingerprint density at radius 1 is 1.54 bits per heavy atom. The van der Waals surface area contributed by atoms with E-state index in [1.807, 2.05) is 38.5 Å². The molecule has 1 rings (SSSR count). The van der Waals surface area contributed by atoms with Crippen LogP contribution in [-0.4, -0.2) is 7.05 Å². The second-order valence-corrected chi connectivity index (χ2v) is 2.76. The minimum Gasteiger partial charge on any atom is -0.383 e. The first-order valence-electron chi connectivity index (χ1n) is 4.25. The zero-order valence-corrected chi connectivity index (χ0v) is 8.12. The lowest BCUT2D eigenvalue weighted by atomic mass is 10.2. The highest BCUT2D eigenvalue weighted by Gasteiger charge is 2.07. The normalized spacial score (nSPS) is 11.1. The van der Waals surface area contributed by atoms with E-state index in [1.54, 1.807) is 6.08 Å². The number of nitrogens with zero attached hydrogens (tertiary/aromatic N) is 1. The number of hydrogen-bond donors (Lipinski definition) is 1. The van der Waals surface area contributed by atoms with E-state index >= 15 is 0 Å². The molecule has 0 amide bonds. The average Bonchev–Trinajstić information content (AvgIpc) is 2.16. The SMILES string of the molecule is C=C/C=C(\NC)c1cccc[n+]1C. The molecule has 1 N–H and O–H groups in total. The second kappa shape index (κ2) is 4.45.